The van der Waals surface area contributed by atoms with Gasteiger partial charge in [-0.2, -0.15) is 0 Å². The van der Waals surface area contributed by atoms with Gasteiger partial charge in [-0.25, -0.2) is 4.98 Å². The summed E-state index contributed by atoms with van der Waals surface area (Å²) >= 11 is 0. The lowest BCUT2D eigenvalue weighted by Gasteiger charge is -2.08. The van der Waals surface area contributed by atoms with Crippen molar-refractivity contribution in [3.05, 3.63) is 42.0 Å². The van der Waals surface area contributed by atoms with Crippen LogP contribution < -0.4 is 15.8 Å². The van der Waals surface area contributed by atoms with Crippen molar-refractivity contribution in [2.45, 2.75) is 32.2 Å². The Kier molecular flexibility index (Phi) is 4.57. The number of fused-ring (bicyclic) bond motifs is 1. The molecule has 3 N–H and O–H groups in total. The van der Waals surface area contributed by atoms with Crippen molar-refractivity contribution in [1.29, 1.82) is 0 Å². The number of hydrogen-bond acceptors (Lipinski definition) is 4. The predicted molar refractivity (Wildman–Crippen MR) is 90.4 cm³/mol. The number of ether oxygens (including phenoxy) is 1. The summed E-state index contributed by atoms with van der Waals surface area (Å²) in [6, 6.07) is 11.7. The number of nitrogens with one attached hydrogen (secondary N) is 1. The molecule has 0 aliphatic carbocycles. The quantitative estimate of drug-likeness (QED) is 0.890. The fourth-order valence-corrected chi connectivity index (χ4v) is 2.58. The molecule has 0 saturated heterocycles. The van der Waals surface area contributed by atoms with Crippen LogP contribution in [0.25, 0.3) is 11.3 Å². The van der Waals surface area contributed by atoms with Crippen LogP contribution >= 0.6 is 0 Å². The van der Waals surface area contributed by atoms with Gasteiger partial charge >= 0.3 is 0 Å². The van der Waals surface area contributed by atoms with Crippen LogP contribution in [0, 0.1) is 0 Å². The molecule has 120 valence electrons. The number of aromatic nitrogens is 1. The van der Waals surface area contributed by atoms with E-state index in [4.69, 9.17) is 10.5 Å². The molecule has 0 fully saturated rings. The topological polar surface area (TPSA) is 77.2 Å². The highest BCUT2D eigenvalue weighted by atomic mass is 16.5. The molecule has 1 aromatic carbocycles. The third kappa shape index (κ3) is 3.87. The number of pyridine rings is 1. The smallest absolute Gasteiger partial charge is 0.225 e. The summed E-state index contributed by atoms with van der Waals surface area (Å²) < 4.78 is 5.52. The Labute approximate surface area is 135 Å². The lowest BCUT2D eigenvalue weighted by Crippen LogP contribution is -2.19. The normalized spacial score (nSPS) is 14.0. The van der Waals surface area contributed by atoms with E-state index in [0.29, 0.717) is 18.7 Å². The van der Waals surface area contributed by atoms with Crippen LogP contribution in [0.2, 0.25) is 0 Å². The molecule has 3 rings (SSSR count). The number of amides is 1. The van der Waals surface area contributed by atoms with Gasteiger partial charge in [0, 0.05) is 24.4 Å². The van der Waals surface area contributed by atoms with Gasteiger partial charge in [0.1, 0.15) is 11.6 Å². The van der Waals surface area contributed by atoms with Crippen molar-refractivity contribution in [3.8, 4) is 17.0 Å². The van der Waals surface area contributed by atoms with Crippen molar-refractivity contribution >= 4 is 11.7 Å². The average molecular weight is 311 g/mol. The van der Waals surface area contributed by atoms with E-state index < -0.39 is 0 Å². The SMILES string of the molecule is CC(N)CCC(=O)Nc1cccc(-c2ccc3c(c2)CCO3)n1. The van der Waals surface area contributed by atoms with Crippen LogP contribution in [-0.4, -0.2) is 23.5 Å². The van der Waals surface area contributed by atoms with E-state index in [-0.39, 0.29) is 11.9 Å². The second-order valence-electron chi connectivity index (χ2n) is 5.89. The van der Waals surface area contributed by atoms with Gasteiger partial charge in [0.05, 0.1) is 12.3 Å². The van der Waals surface area contributed by atoms with E-state index in [2.05, 4.69) is 16.4 Å². The van der Waals surface area contributed by atoms with Crippen LogP contribution in [0.5, 0.6) is 5.75 Å². The minimum absolute atomic E-state index is 0.0219. The molecule has 0 bridgehead atoms. The first-order chi connectivity index (χ1) is 11.1. The summed E-state index contributed by atoms with van der Waals surface area (Å²) in [7, 11) is 0. The molecule has 1 aliphatic rings. The average Bonchev–Trinajstić information content (AvgIpc) is 3.00. The van der Waals surface area contributed by atoms with Gasteiger partial charge in [-0.3, -0.25) is 4.79 Å². The Morgan fingerprint density at radius 3 is 3.09 bits per heavy atom. The van der Waals surface area contributed by atoms with E-state index in [1.54, 1.807) is 6.07 Å². The number of carbonyl (C=O) groups is 1. The highest BCUT2D eigenvalue weighted by molar-refractivity contribution is 5.90. The van der Waals surface area contributed by atoms with E-state index in [1.807, 2.05) is 31.2 Å². The summed E-state index contributed by atoms with van der Waals surface area (Å²) in [5.41, 5.74) is 8.74. The number of nitrogens with two attached hydrogens (primary N) is 1. The monoisotopic (exact) mass is 311 g/mol. The van der Waals surface area contributed by atoms with E-state index >= 15 is 0 Å². The maximum Gasteiger partial charge on any atom is 0.225 e. The molecule has 23 heavy (non-hydrogen) atoms. The second kappa shape index (κ2) is 6.79. The van der Waals surface area contributed by atoms with Gasteiger partial charge in [-0.15, -0.1) is 0 Å². The maximum atomic E-state index is 11.9. The molecule has 2 heterocycles. The number of anilines is 1. The zero-order chi connectivity index (χ0) is 16.2. The highest BCUT2D eigenvalue weighted by Crippen LogP contribution is 2.30. The third-order valence-corrected chi connectivity index (χ3v) is 3.83. The first kappa shape index (κ1) is 15.5. The number of rotatable bonds is 5. The standard InChI is InChI=1S/C18H21N3O2/c1-12(19)5-8-18(22)21-17-4-2-3-15(20-17)13-6-7-16-14(11-13)9-10-23-16/h2-4,6-7,11-12H,5,8-10,19H2,1H3,(H,20,21,22). The van der Waals surface area contributed by atoms with Crippen molar-refractivity contribution in [2.75, 3.05) is 11.9 Å². The minimum atomic E-state index is -0.0608. The van der Waals surface area contributed by atoms with Crippen LogP contribution in [0.15, 0.2) is 36.4 Å². The molecule has 2 aromatic rings. The minimum Gasteiger partial charge on any atom is -0.493 e. The lowest BCUT2D eigenvalue weighted by molar-refractivity contribution is -0.116. The molecule has 1 amide bonds. The van der Waals surface area contributed by atoms with E-state index in [1.165, 1.54) is 5.56 Å². The van der Waals surface area contributed by atoms with E-state index in [9.17, 15) is 4.79 Å². The van der Waals surface area contributed by atoms with Crippen LogP contribution in [0.1, 0.15) is 25.3 Å². The van der Waals surface area contributed by atoms with Crippen molar-refractivity contribution in [2.24, 2.45) is 5.73 Å². The highest BCUT2D eigenvalue weighted by Gasteiger charge is 2.13. The summed E-state index contributed by atoms with van der Waals surface area (Å²) in [6.45, 7) is 2.63. The number of nitrogens with zero attached hydrogens (tertiary/aromatic N) is 1. The van der Waals surface area contributed by atoms with Gasteiger partial charge in [0.2, 0.25) is 5.91 Å². The summed E-state index contributed by atoms with van der Waals surface area (Å²) in [5, 5.41) is 2.83. The number of hydrogen-bond donors (Lipinski definition) is 2. The first-order valence-electron chi connectivity index (χ1n) is 7.90. The zero-order valence-electron chi connectivity index (χ0n) is 13.2. The Bertz CT molecular complexity index is 713. The summed E-state index contributed by atoms with van der Waals surface area (Å²) in [5.74, 6) is 1.46. The number of benzene rings is 1. The van der Waals surface area contributed by atoms with Crippen LogP contribution in [-0.2, 0) is 11.2 Å². The first-order valence-corrected chi connectivity index (χ1v) is 7.90. The Balaban J connectivity index is 1.73. The van der Waals surface area contributed by atoms with Gasteiger partial charge in [-0.1, -0.05) is 6.07 Å². The van der Waals surface area contributed by atoms with Gasteiger partial charge in [0.15, 0.2) is 0 Å². The third-order valence-electron chi connectivity index (χ3n) is 3.83. The Hall–Kier alpha value is -2.40. The Morgan fingerprint density at radius 2 is 2.26 bits per heavy atom. The molecule has 0 radical (unpaired) electrons. The molecule has 0 saturated carbocycles. The van der Waals surface area contributed by atoms with Crippen LogP contribution in [0.4, 0.5) is 5.82 Å². The zero-order valence-corrected chi connectivity index (χ0v) is 13.2. The molecule has 1 aliphatic heterocycles. The van der Waals surface area contributed by atoms with Gasteiger partial charge in [-0.05, 0) is 49.2 Å². The van der Waals surface area contributed by atoms with Crippen molar-refractivity contribution in [3.63, 3.8) is 0 Å². The largest absolute Gasteiger partial charge is 0.493 e. The molecule has 1 aromatic heterocycles. The molecular formula is C18H21N3O2. The molecule has 0 spiro atoms. The van der Waals surface area contributed by atoms with Crippen molar-refractivity contribution in [1.82, 2.24) is 4.98 Å². The fraction of sp³-hybridized carbons (Fsp3) is 0.333. The number of carbonyl (C=O) groups excluding carboxylic acids is 1. The fourth-order valence-electron chi connectivity index (χ4n) is 2.58. The summed E-state index contributed by atoms with van der Waals surface area (Å²) in [6.07, 6.45) is 1.99. The Morgan fingerprint density at radius 1 is 1.39 bits per heavy atom. The second-order valence-corrected chi connectivity index (χ2v) is 5.89. The van der Waals surface area contributed by atoms with Crippen molar-refractivity contribution < 1.29 is 9.53 Å². The lowest BCUT2D eigenvalue weighted by atomic mass is 10.1. The molecular weight excluding hydrogens is 290 g/mol. The molecule has 5 heteroatoms. The van der Waals surface area contributed by atoms with Gasteiger partial charge < -0.3 is 15.8 Å². The molecule has 5 nitrogen and oxygen atoms in total. The molecule has 1 unspecified atom stereocenters. The molecule has 1 atom stereocenters. The van der Waals surface area contributed by atoms with Gasteiger partial charge in [0.25, 0.3) is 0 Å². The summed E-state index contributed by atoms with van der Waals surface area (Å²) in [4.78, 5) is 16.4. The van der Waals surface area contributed by atoms with E-state index in [0.717, 1.165) is 30.0 Å². The maximum absolute atomic E-state index is 11.9. The predicted octanol–water partition coefficient (Wildman–Crippen LogP) is 2.75. The van der Waals surface area contributed by atoms with Crippen LogP contribution in [0.3, 0.4) is 0 Å².